The van der Waals surface area contributed by atoms with E-state index in [1.54, 1.807) is 28.8 Å². The van der Waals surface area contributed by atoms with Crippen molar-refractivity contribution in [2.24, 2.45) is 7.05 Å². The highest BCUT2D eigenvalue weighted by Gasteiger charge is 2.19. The highest BCUT2D eigenvalue weighted by molar-refractivity contribution is 6.30. The summed E-state index contributed by atoms with van der Waals surface area (Å²) in [6.07, 6.45) is 0.641. The van der Waals surface area contributed by atoms with Gasteiger partial charge in [-0.25, -0.2) is 4.98 Å². The third-order valence-corrected chi connectivity index (χ3v) is 6.03. The molecule has 2 heterocycles. The van der Waals surface area contributed by atoms with Crippen LogP contribution in [0.25, 0.3) is 33.3 Å². The van der Waals surface area contributed by atoms with Crippen LogP contribution in [0.15, 0.2) is 88.5 Å². The van der Waals surface area contributed by atoms with E-state index in [0.717, 1.165) is 16.6 Å². The molecule has 0 N–H and O–H groups in total. The summed E-state index contributed by atoms with van der Waals surface area (Å²) < 4.78 is 3.42. The number of fused-ring (bicyclic) bond motifs is 2. The van der Waals surface area contributed by atoms with Crippen LogP contribution in [-0.2, 0) is 20.0 Å². The van der Waals surface area contributed by atoms with Crippen molar-refractivity contribution >= 4 is 33.5 Å². The molecule has 0 aliphatic carbocycles. The first-order valence-corrected chi connectivity index (χ1v) is 10.7. The Hall–Kier alpha value is -3.70. The molecule has 0 unspecified atom stereocenters. The second kappa shape index (κ2) is 8.09. The maximum atomic E-state index is 13.7. The van der Waals surface area contributed by atoms with Gasteiger partial charge in [-0.05, 0) is 48.4 Å². The van der Waals surface area contributed by atoms with E-state index < -0.39 is 0 Å². The molecule has 5 nitrogen and oxygen atoms in total. The molecule has 5 aromatic rings. The summed E-state index contributed by atoms with van der Waals surface area (Å²) in [5.74, 6) is 0.514. The molecule has 0 radical (unpaired) electrons. The van der Waals surface area contributed by atoms with Crippen LogP contribution in [0, 0.1) is 0 Å². The summed E-state index contributed by atoms with van der Waals surface area (Å²) in [7, 11) is 1.83. The number of halogens is 1. The lowest BCUT2D eigenvalue weighted by Gasteiger charge is -2.16. The van der Waals surface area contributed by atoms with Crippen LogP contribution < -0.4 is 11.0 Å². The lowest BCUT2D eigenvalue weighted by Crippen LogP contribution is -2.29. The molecule has 5 rings (SSSR count). The summed E-state index contributed by atoms with van der Waals surface area (Å²) in [6, 6.07) is 24.5. The van der Waals surface area contributed by atoms with E-state index >= 15 is 0 Å². The number of para-hydroxylation sites is 1. The summed E-state index contributed by atoms with van der Waals surface area (Å²) in [4.78, 5) is 31.8. The quantitative estimate of drug-likeness (QED) is 0.376. The Labute approximate surface area is 189 Å². The lowest BCUT2D eigenvalue weighted by atomic mass is 10.1. The van der Waals surface area contributed by atoms with Gasteiger partial charge >= 0.3 is 0 Å². The number of nitrogens with zero attached hydrogens (tertiary/aromatic N) is 3. The average Bonchev–Trinajstić information content (AvgIpc) is 2.82. The third kappa shape index (κ3) is 3.41. The molecule has 0 saturated heterocycles. The predicted molar refractivity (Wildman–Crippen MR) is 129 cm³/mol. The van der Waals surface area contributed by atoms with Crippen LogP contribution in [0.2, 0.25) is 5.02 Å². The van der Waals surface area contributed by atoms with Gasteiger partial charge in [-0.2, -0.15) is 0 Å². The van der Waals surface area contributed by atoms with Gasteiger partial charge < -0.3 is 4.57 Å². The van der Waals surface area contributed by atoms with Gasteiger partial charge in [0.2, 0.25) is 5.43 Å². The lowest BCUT2D eigenvalue weighted by molar-refractivity contribution is 0.669. The van der Waals surface area contributed by atoms with E-state index in [1.807, 2.05) is 66.2 Å². The topological polar surface area (TPSA) is 56.9 Å². The number of aromatic nitrogens is 3. The van der Waals surface area contributed by atoms with Gasteiger partial charge in [0, 0.05) is 29.6 Å². The Balaban J connectivity index is 1.81. The first kappa shape index (κ1) is 20.2. The Morgan fingerprint density at radius 2 is 1.56 bits per heavy atom. The maximum absolute atomic E-state index is 13.7. The van der Waals surface area contributed by atoms with Gasteiger partial charge in [-0.15, -0.1) is 0 Å². The monoisotopic (exact) mass is 441 g/mol. The first-order valence-electron chi connectivity index (χ1n) is 10.4. The van der Waals surface area contributed by atoms with E-state index in [0.29, 0.717) is 34.8 Å². The van der Waals surface area contributed by atoms with Gasteiger partial charge in [0.25, 0.3) is 5.56 Å². The third-order valence-electron chi connectivity index (χ3n) is 5.77. The molecule has 0 amide bonds. The van der Waals surface area contributed by atoms with Gasteiger partial charge in [0.05, 0.1) is 5.52 Å². The molecule has 0 aliphatic heterocycles. The normalized spacial score (nSPS) is 11.3. The highest BCUT2D eigenvalue weighted by Crippen LogP contribution is 2.22. The zero-order valence-corrected chi connectivity index (χ0v) is 18.2. The van der Waals surface area contributed by atoms with E-state index in [2.05, 4.69) is 0 Å². The van der Waals surface area contributed by atoms with E-state index in [1.165, 1.54) is 0 Å². The molecule has 158 valence electrons. The Morgan fingerprint density at radius 3 is 2.31 bits per heavy atom. The van der Waals surface area contributed by atoms with Crippen molar-refractivity contribution in [3.63, 3.8) is 0 Å². The molecule has 3 aromatic carbocycles. The number of rotatable bonds is 4. The van der Waals surface area contributed by atoms with E-state index in [9.17, 15) is 9.59 Å². The molecule has 6 heteroatoms. The maximum Gasteiger partial charge on any atom is 0.267 e. The van der Waals surface area contributed by atoms with E-state index in [-0.39, 0.29) is 16.4 Å². The molecule has 0 saturated carbocycles. The summed E-state index contributed by atoms with van der Waals surface area (Å²) >= 11 is 6.08. The summed E-state index contributed by atoms with van der Waals surface area (Å²) in [5, 5.41) is 1.22. The molecular formula is C26H20ClN3O2. The van der Waals surface area contributed by atoms with Gasteiger partial charge in [-0.3, -0.25) is 14.2 Å². The summed E-state index contributed by atoms with van der Waals surface area (Å²) in [5.41, 5.74) is 2.36. The minimum Gasteiger partial charge on any atom is -0.328 e. The average molecular weight is 442 g/mol. The van der Waals surface area contributed by atoms with Crippen molar-refractivity contribution < 1.29 is 0 Å². The largest absolute Gasteiger partial charge is 0.328 e. The second-order valence-electron chi connectivity index (χ2n) is 7.74. The number of hydrogen-bond donors (Lipinski definition) is 0. The molecule has 0 bridgehead atoms. The Bertz CT molecular complexity index is 1570. The fourth-order valence-corrected chi connectivity index (χ4v) is 4.23. The number of aryl methyl sites for hydroxylation is 2. The van der Waals surface area contributed by atoms with Crippen molar-refractivity contribution in [1.82, 2.24) is 14.1 Å². The smallest absolute Gasteiger partial charge is 0.267 e. The number of benzene rings is 3. The minimum atomic E-state index is -0.331. The van der Waals surface area contributed by atoms with Crippen molar-refractivity contribution in [2.45, 2.75) is 13.0 Å². The molecule has 32 heavy (non-hydrogen) atoms. The SMILES string of the molecule is Cn1c2ccccc2c(=O)c2c(=O)n(CCc3ccccc3)c(-c3ccc(Cl)cc3)nc21. The van der Waals surface area contributed by atoms with Crippen molar-refractivity contribution in [1.29, 1.82) is 0 Å². The van der Waals surface area contributed by atoms with Crippen LogP contribution in [-0.4, -0.2) is 14.1 Å². The minimum absolute atomic E-state index is 0.108. The second-order valence-corrected chi connectivity index (χ2v) is 8.18. The van der Waals surface area contributed by atoms with Crippen LogP contribution in [0.3, 0.4) is 0 Å². The zero-order chi connectivity index (χ0) is 22.2. The number of hydrogen-bond acceptors (Lipinski definition) is 3. The van der Waals surface area contributed by atoms with Crippen molar-refractivity contribution in [3.8, 4) is 11.4 Å². The molecule has 0 atom stereocenters. The molecule has 2 aromatic heterocycles. The van der Waals surface area contributed by atoms with Crippen molar-refractivity contribution in [2.75, 3.05) is 0 Å². The van der Waals surface area contributed by atoms with Gasteiger partial charge in [0.1, 0.15) is 11.2 Å². The molecule has 0 fully saturated rings. The standard InChI is InChI=1S/C26H20ClN3O2/c1-29-21-10-6-5-9-20(21)23(31)22-25(29)28-24(18-11-13-19(27)14-12-18)30(26(22)32)16-15-17-7-3-2-4-8-17/h2-14H,15-16H2,1H3. The molecule has 0 aliphatic rings. The van der Waals surface area contributed by atoms with Crippen LogP contribution >= 0.6 is 11.6 Å². The highest BCUT2D eigenvalue weighted by atomic mass is 35.5. The van der Waals surface area contributed by atoms with Crippen molar-refractivity contribution in [3.05, 3.63) is 110 Å². The summed E-state index contributed by atoms with van der Waals surface area (Å²) in [6.45, 7) is 0.403. The Morgan fingerprint density at radius 1 is 0.875 bits per heavy atom. The molecule has 0 spiro atoms. The van der Waals surface area contributed by atoms with Crippen LogP contribution in [0.5, 0.6) is 0 Å². The fraction of sp³-hybridized carbons (Fsp3) is 0.115. The van der Waals surface area contributed by atoms with Crippen LogP contribution in [0.1, 0.15) is 5.56 Å². The van der Waals surface area contributed by atoms with Crippen LogP contribution in [0.4, 0.5) is 0 Å². The Kier molecular flexibility index (Phi) is 5.11. The van der Waals surface area contributed by atoms with E-state index in [4.69, 9.17) is 16.6 Å². The number of pyridine rings is 1. The van der Waals surface area contributed by atoms with Gasteiger partial charge in [0.15, 0.2) is 5.65 Å². The predicted octanol–water partition coefficient (Wildman–Crippen LogP) is 4.81. The van der Waals surface area contributed by atoms with Gasteiger partial charge in [-0.1, -0.05) is 54.1 Å². The fourth-order valence-electron chi connectivity index (χ4n) is 4.10. The first-order chi connectivity index (χ1) is 15.5. The molecular weight excluding hydrogens is 422 g/mol. The zero-order valence-electron chi connectivity index (χ0n) is 17.5.